The van der Waals surface area contributed by atoms with Crippen molar-refractivity contribution in [3.8, 4) is 0 Å². The Labute approximate surface area is 132 Å². The summed E-state index contributed by atoms with van der Waals surface area (Å²) in [5, 5.41) is 14.9. The monoisotopic (exact) mass is 330 g/mol. The average molecular weight is 330 g/mol. The topological polar surface area (TPSA) is 78.4 Å². The summed E-state index contributed by atoms with van der Waals surface area (Å²) in [4.78, 5) is 11.6. The Morgan fingerprint density at radius 1 is 1.32 bits per heavy atom. The van der Waals surface area contributed by atoms with Gasteiger partial charge in [0.2, 0.25) is 0 Å². The Morgan fingerprint density at radius 2 is 1.95 bits per heavy atom. The van der Waals surface area contributed by atoms with Gasteiger partial charge in [-0.15, -0.1) is 0 Å². The molecule has 5 nitrogen and oxygen atoms in total. The fraction of sp³-hybridized carbons (Fsp3) is 0.533. The van der Waals surface area contributed by atoms with E-state index in [-0.39, 0.29) is 23.4 Å². The van der Waals surface area contributed by atoms with E-state index in [2.05, 4.69) is 10.6 Å². The van der Waals surface area contributed by atoms with E-state index in [4.69, 9.17) is 0 Å². The molecule has 0 aliphatic carbocycles. The van der Waals surface area contributed by atoms with Crippen molar-refractivity contribution in [3.05, 3.63) is 35.6 Å². The van der Waals surface area contributed by atoms with E-state index < -0.39 is 28.8 Å². The van der Waals surface area contributed by atoms with E-state index >= 15 is 0 Å². The Hall–Kier alpha value is -1.47. The standard InChI is InChI=1S/C15H23FN2O3S/c1-15(2,3)22(21)9-8-17-14(20)18-10-13(19)11-6-4-5-7-12(11)16/h4-7,13,19H,8-10H2,1-3H3,(H2,17,18,20). The lowest BCUT2D eigenvalue weighted by atomic mass is 10.1. The molecule has 0 aromatic heterocycles. The van der Waals surface area contributed by atoms with E-state index in [1.165, 1.54) is 18.2 Å². The summed E-state index contributed by atoms with van der Waals surface area (Å²) in [6.45, 7) is 5.77. The number of rotatable bonds is 6. The molecule has 2 amide bonds. The molecule has 0 heterocycles. The first-order valence-corrected chi connectivity index (χ1v) is 8.36. The molecule has 0 aliphatic rings. The molecule has 0 aliphatic heterocycles. The molecule has 22 heavy (non-hydrogen) atoms. The Kier molecular flexibility index (Phi) is 6.96. The van der Waals surface area contributed by atoms with Crippen molar-refractivity contribution in [3.63, 3.8) is 0 Å². The molecule has 0 saturated carbocycles. The van der Waals surface area contributed by atoms with Crippen LogP contribution in [0.15, 0.2) is 24.3 Å². The zero-order valence-corrected chi connectivity index (χ0v) is 13.9. The van der Waals surface area contributed by atoms with Crippen LogP contribution in [0.1, 0.15) is 32.4 Å². The second kappa shape index (κ2) is 8.24. The minimum atomic E-state index is -1.12. The van der Waals surface area contributed by atoms with Crippen molar-refractivity contribution in [2.45, 2.75) is 31.6 Å². The second-order valence-electron chi connectivity index (χ2n) is 5.84. The Bertz CT molecular complexity index is 532. The number of benzene rings is 1. The van der Waals surface area contributed by atoms with Crippen LogP contribution in [-0.2, 0) is 10.8 Å². The van der Waals surface area contributed by atoms with E-state index in [0.29, 0.717) is 5.75 Å². The SMILES string of the molecule is CC(C)(C)S(=O)CCNC(=O)NCC(O)c1ccccc1F. The highest BCUT2D eigenvalue weighted by atomic mass is 32.2. The summed E-state index contributed by atoms with van der Waals surface area (Å²) < 4.78 is 24.9. The summed E-state index contributed by atoms with van der Waals surface area (Å²) in [7, 11) is -1.04. The predicted octanol–water partition coefficient (Wildman–Crippen LogP) is 1.71. The first-order chi connectivity index (χ1) is 10.2. The Morgan fingerprint density at radius 3 is 2.55 bits per heavy atom. The summed E-state index contributed by atoms with van der Waals surface area (Å²) in [5.41, 5.74) is 0.136. The van der Waals surface area contributed by atoms with E-state index in [0.717, 1.165) is 0 Å². The van der Waals surface area contributed by atoms with Gasteiger partial charge < -0.3 is 15.7 Å². The van der Waals surface area contributed by atoms with Gasteiger partial charge in [-0.3, -0.25) is 4.21 Å². The quantitative estimate of drug-likeness (QED) is 0.743. The van der Waals surface area contributed by atoms with Gasteiger partial charge >= 0.3 is 6.03 Å². The van der Waals surface area contributed by atoms with Crippen molar-refractivity contribution in [1.82, 2.24) is 10.6 Å². The molecule has 0 bridgehead atoms. The fourth-order valence-electron chi connectivity index (χ4n) is 1.67. The lowest BCUT2D eigenvalue weighted by Gasteiger charge is -2.18. The van der Waals surface area contributed by atoms with Gasteiger partial charge in [-0.05, 0) is 26.8 Å². The first kappa shape index (κ1) is 18.6. The van der Waals surface area contributed by atoms with Crippen molar-refractivity contribution in [2.24, 2.45) is 0 Å². The molecule has 0 saturated heterocycles. The molecule has 2 atom stereocenters. The smallest absolute Gasteiger partial charge is 0.314 e. The van der Waals surface area contributed by atoms with Crippen LogP contribution in [0.25, 0.3) is 0 Å². The number of aliphatic hydroxyl groups is 1. The molecule has 1 aromatic carbocycles. The number of carbonyl (C=O) groups excluding carboxylic acids is 1. The summed E-state index contributed by atoms with van der Waals surface area (Å²) in [5.74, 6) is -0.162. The molecule has 0 radical (unpaired) electrons. The number of urea groups is 1. The summed E-state index contributed by atoms with van der Waals surface area (Å²) in [6.07, 6.45) is -1.12. The van der Waals surface area contributed by atoms with Gasteiger partial charge in [0.1, 0.15) is 5.82 Å². The van der Waals surface area contributed by atoms with Gasteiger partial charge in [0.25, 0.3) is 0 Å². The number of nitrogens with one attached hydrogen (secondary N) is 2. The van der Waals surface area contributed by atoms with Gasteiger partial charge in [0, 0.05) is 40.0 Å². The van der Waals surface area contributed by atoms with Crippen molar-refractivity contribution in [1.29, 1.82) is 0 Å². The van der Waals surface area contributed by atoms with Crippen LogP contribution >= 0.6 is 0 Å². The molecule has 1 rings (SSSR count). The lowest BCUT2D eigenvalue weighted by molar-refractivity contribution is 0.169. The minimum absolute atomic E-state index is 0.102. The zero-order chi connectivity index (χ0) is 16.8. The van der Waals surface area contributed by atoms with Gasteiger partial charge in [-0.2, -0.15) is 0 Å². The van der Waals surface area contributed by atoms with Crippen LogP contribution in [-0.4, -0.2) is 38.9 Å². The molecular weight excluding hydrogens is 307 g/mol. The molecular formula is C15H23FN2O3S. The molecule has 2 unspecified atom stereocenters. The average Bonchev–Trinajstić information content (AvgIpc) is 2.44. The predicted molar refractivity (Wildman–Crippen MR) is 85.5 cm³/mol. The third-order valence-corrected chi connectivity index (χ3v) is 4.92. The number of amides is 2. The normalized spacial score (nSPS) is 14.2. The molecule has 3 N–H and O–H groups in total. The maximum absolute atomic E-state index is 13.4. The highest BCUT2D eigenvalue weighted by Crippen LogP contribution is 2.15. The minimum Gasteiger partial charge on any atom is -0.386 e. The fourth-order valence-corrected chi connectivity index (χ4v) is 2.57. The first-order valence-electron chi connectivity index (χ1n) is 7.04. The van der Waals surface area contributed by atoms with Crippen molar-refractivity contribution >= 4 is 16.8 Å². The zero-order valence-electron chi connectivity index (χ0n) is 13.1. The Balaban J connectivity index is 2.32. The van der Waals surface area contributed by atoms with Crippen LogP contribution in [0.4, 0.5) is 9.18 Å². The molecule has 1 aromatic rings. The molecule has 7 heteroatoms. The van der Waals surface area contributed by atoms with Crippen LogP contribution < -0.4 is 10.6 Å². The highest BCUT2D eigenvalue weighted by molar-refractivity contribution is 7.86. The number of hydrogen-bond acceptors (Lipinski definition) is 3. The molecule has 0 fully saturated rings. The van der Waals surface area contributed by atoms with Gasteiger partial charge in [-0.1, -0.05) is 18.2 Å². The highest BCUT2D eigenvalue weighted by Gasteiger charge is 2.19. The van der Waals surface area contributed by atoms with Gasteiger partial charge in [0.15, 0.2) is 0 Å². The van der Waals surface area contributed by atoms with Gasteiger partial charge in [0.05, 0.1) is 6.10 Å². The molecule has 0 spiro atoms. The molecule has 124 valence electrons. The lowest BCUT2D eigenvalue weighted by Crippen LogP contribution is -2.40. The summed E-state index contributed by atoms with van der Waals surface area (Å²) in [6, 6.07) is 5.37. The van der Waals surface area contributed by atoms with Crippen molar-refractivity contribution < 1.29 is 18.5 Å². The number of carbonyl (C=O) groups is 1. The summed E-state index contributed by atoms with van der Waals surface area (Å²) >= 11 is 0. The van der Waals surface area contributed by atoms with E-state index in [1.807, 2.05) is 20.8 Å². The van der Waals surface area contributed by atoms with Crippen LogP contribution in [0.5, 0.6) is 0 Å². The third kappa shape index (κ3) is 6.11. The largest absolute Gasteiger partial charge is 0.386 e. The number of aliphatic hydroxyl groups excluding tert-OH is 1. The van der Waals surface area contributed by atoms with Crippen molar-refractivity contribution in [2.75, 3.05) is 18.8 Å². The van der Waals surface area contributed by atoms with Crippen LogP contribution in [0, 0.1) is 5.82 Å². The number of halogens is 1. The number of hydrogen-bond donors (Lipinski definition) is 3. The maximum atomic E-state index is 13.4. The van der Waals surface area contributed by atoms with Crippen LogP contribution in [0.3, 0.4) is 0 Å². The second-order valence-corrected chi connectivity index (χ2v) is 8.16. The van der Waals surface area contributed by atoms with E-state index in [1.54, 1.807) is 6.07 Å². The van der Waals surface area contributed by atoms with E-state index in [9.17, 15) is 18.5 Å². The van der Waals surface area contributed by atoms with Crippen LogP contribution in [0.2, 0.25) is 0 Å². The maximum Gasteiger partial charge on any atom is 0.314 e. The van der Waals surface area contributed by atoms with Gasteiger partial charge in [-0.25, -0.2) is 9.18 Å². The third-order valence-electron chi connectivity index (χ3n) is 2.98.